The minimum absolute atomic E-state index is 0.00302. The number of alkyl halides is 3. The number of hydrogen-bond acceptors (Lipinski definition) is 6. The van der Waals surface area contributed by atoms with Gasteiger partial charge >= 0.3 is 6.18 Å². The van der Waals surface area contributed by atoms with E-state index in [-0.39, 0.29) is 29.5 Å². The second-order valence-corrected chi connectivity index (χ2v) is 13.5. The monoisotopic (exact) mass is 683 g/mol. The second kappa shape index (κ2) is 14.4. The molecule has 250 valence electrons. The number of nitrogens with zero attached hydrogens (tertiary/aromatic N) is 4. The number of nitrogens with one attached hydrogen (secondary N) is 1. The smallest absolute Gasteiger partial charge is 0.380 e. The first-order valence-corrected chi connectivity index (χ1v) is 17.0. The Kier molecular flexibility index (Phi) is 10.7. The fourth-order valence-corrected chi connectivity index (χ4v) is 7.75. The highest BCUT2D eigenvalue weighted by molar-refractivity contribution is 8.00. The lowest BCUT2D eigenvalue weighted by atomic mass is 9.92. The largest absolute Gasteiger partial charge is 0.397 e. The third-order valence-corrected chi connectivity index (χ3v) is 10.4. The zero-order chi connectivity index (χ0) is 33.2. The Hall–Kier alpha value is -3.03. The number of piperidine rings is 1. The van der Waals surface area contributed by atoms with Crippen molar-refractivity contribution in [2.24, 2.45) is 0 Å². The van der Waals surface area contributed by atoms with Crippen LogP contribution in [0, 0.1) is 5.82 Å². The van der Waals surface area contributed by atoms with Crippen LogP contribution in [-0.4, -0.2) is 119 Å². The zero-order valence-corrected chi connectivity index (χ0v) is 27.3. The highest BCUT2D eigenvalue weighted by Gasteiger charge is 2.49. The maximum Gasteiger partial charge on any atom is 0.397 e. The highest BCUT2D eigenvalue weighted by Crippen LogP contribution is 2.42. The lowest BCUT2D eigenvalue weighted by molar-refractivity contribution is -0.159. The molecule has 0 aliphatic carbocycles. The first kappa shape index (κ1) is 34.3. The molecule has 46 heavy (non-hydrogen) atoms. The average molecular weight is 684 g/mol. The molecule has 3 fully saturated rings. The van der Waals surface area contributed by atoms with E-state index in [0.717, 1.165) is 42.7 Å². The van der Waals surface area contributed by atoms with Crippen molar-refractivity contribution >= 4 is 46.8 Å². The van der Waals surface area contributed by atoms with Gasteiger partial charge in [0, 0.05) is 71.0 Å². The van der Waals surface area contributed by atoms with Gasteiger partial charge in [0.1, 0.15) is 11.7 Å². The molecule has 0 saturated carbocycles. The minimum Gasteiger partial charge on any atom is -0.380 e. The number of amides is 3. The standard InChI is InChI=1S/C32H38ClF4N5O3S/c1-20(43)39-12-14-41(15-13-39)30(44)26-7-6-23(17-27(26)33)38-24-18-42(19-24)25-8-10-40(11-9-25)31(45)29(46-2)28(32(35,36)37)21-4-3-5-22(34)16-21/h3-7,16-17,24-25,28-29,38H,8-15,18-19H2,1-2H3. The fraction of sp³-hybridized carbons (Fsp3) is 0.531. The van der Waals surface area contributed by atoms with Gasteiger partial charge in [-0.25, -0.2) is 4.39 Å². The Labute approximate surface area is 275 Å². The Morgan fingerprint density at radius 3 is 2.15 bits per heavy atom. The number of benzene rings is 2. The van der Waals surface area contributed by atoms with E-state index in [9.17, 15) is 31.9 Å². The van der Waals surface area contributed by atoms with Gasteiger partial charge in [0.2, 0.25) is 11.8 Å². The van der Waals surface area contributed by atoms with Crippen LogP contribution in [0.25, 0.3) is 0 Å². The van der Waals surface area contributed by atoms with E-state index in [2.05, 4.69) is 10.2 Å². The molecule has 3 aliphatic heterocycles. The van der Waals surface area contributed by atoms with Crippen molar-refractivity contribution in [1.82, 2.24) is 19.6 Å². The first-order chi connectivity index (χ1) is 21.8. The van der Waals surface area contributed by atoms with E-state index in [1.165, 1.54) is 30.2 Å². The molecule has 8 nitrogen and oxygen atoms in total. The second-order valence-electron chi connectivity index (χ2n) is 12.1. The summed E-state index contributed by atoms with van der Waals surface area (Å²) in [6.07, 6.45) is -1.92. The van der Waals surface area contributed by atoms with Crippen LogP contribution < -0.4 is 5.32 Å². The van der Waals surface area contributed by atoms with Gasteiger partial charge in [-0.1, -0.05) is 23.7 Å². The Bertz CT molecular complexity index is 1430. The molecule has 2 aromatic carbocycles. The van der Waals surface area contributed by atoms with E-state index >= 15 is 0 Å². The van der Waals surface area contributed by atoms with Crippen LogP contribution in [0.3, 0.4) is 0 Å². The van der Waals surface area contributed by atoms with Crippen LogP contribution in [0.2, 0.25) is 5.02 Å². The van der Waals surface area contributed by atoms with Crippen LogP contribution in [0.15, 0.2) is 42.5 Å². The Balaban J connectivity index is 1.10. The number of carbonyl (C=O) groups is 3. The topological polar surface area (TPSA) is 76.2 Å². The summed E-state index contributed by atoms with van der Waals surface area (Å²) in [5.41, 5.74) is 0.968. The minimum atomic E-state index is -4.71. The molecular formula is C32H38ClF4N5O3S. The lowest BCUT2D eigenvalue weighted by Gasteiger charge is -2.48. The van der Waals surface area contributed by atoms with Crippen molar-refractivity contribution in [1.29, 1.82) is 0 Å². The van der Waals surface area contributed by atoms with E-state index in [1.807, 2.05) is 6.07 Å². The predicted molar refractivity (Wildman–Crippen MR) is 171 cm³/mol. The molecule has 0 radical (unpaired) electrons. The summed E-state index contributed by atoms with van der Waals surface area (Å²) in [7, 11) is 0. The fourth-order valence-electron chi connectivity index (χ4n) is 6.56. The van der Waals surface area contributed by atoms with Crippen LogP contribution >= 0.6 is 23.4 Å². The van der Waals surface area contributed by atoms with E-state index in [1.54, 1.807) is 21.9 Å². The molecule has 2 unspecified atom stereocenters. The molecule has 3 amide bonds. The molecule has 14 heteroatoms. The van der Waals surface area contributed by atoms with Crippen LogP contribution in [0.4, 0.5) is 23.2 Å². The number of thioether (sulfide) groups is 1. The number of anilines is 1. The van der Waals surface area contributed by atoms with Gasteiger partial charge in [0.05, 0.1) is 21.9 Å². The average Bonchev–Trinajstić information content (AvgIpc) is 3.00. The number of carbonyl (C=O) groups excluding carboxylic acids is 3. The molecule has 3 aliphatic rings. The molecule has 1 N–H and O–H groups in total. The van der Waals surface area contributed by atoms with Gasteiger partial charge in [-0.3, -0.25) is 19.3 Å². The molecule has 5 rings (SSSR count). The quantitative estimate of drug-likeness (QED) is 0.397. The van der Waals surface area contributed by atoms with Gasteiger partial charge in [-0.2, -0.15) is 24.9 Å². The Morgan fingerprint density at radius 2 is 1.59 bits per heavy atom. The summed E-state index contributed by atoms with van der Waals surface area (Å²) in [5, 5.41) is 2.40. The van der Waals surface area contributed by atoms with Crippen LogP contribution in [-0.2, 0) is 9.59 Å². The van der Waals surface area contributed by atoms with Crippen molar-refractivity contribution < 1.29 is 31.9 Å². The number of piperazine rings is 1. The third kappa shape index (κ3) is 7.74. The number of halogens is 5. The summed E-state index contributed by atoms with van der Waals surface area (Å²) in [6.45, 7) is 5.68. The predicted octanol–water partition coefficient (Wildman–Crippen LogP) is 4.95. The number of likely N-dealkylation sites (tertiary alicyclic amines) is 2. The van der Waals surface area contributed by atoms with Crippen LogP contribution in [0.5, 0.6) is 0 Å². The van der Waals surface area contributed by atoms with E-state index in [0.29, 0.717) is 62.7 Å². The van der Waals surface area contributed by atoms with Crippen molar-refractivity contribution in [2.75, 3.05) is 63.9 Å². The van der Waals surface area contributed by atoms with Gasteiger partial charge in [0.25, 0.3) is 5.91 Å². The maximum atomic E-state index is 14.2. The van der Waals surface area contributed by atoms with Gasteiger partial charge in [-0.15, -0.1) is 0 Å². The van der Waals surface area contributed by atoms with Crippen molar-refractivity contribution in [2.45, 2.75) is 49.2 Å². The van der Waals surface area contributed by atoms with E-state index in [4.69, 9.17) is 11.6 Å². The summed E-state index contributed by atoms with van der Waals surface area (Å²) < 4.78 is 56.2. The van der Waals surface area contributed by atoms with Gasteiger partial charge in [0.15, 0.2) is 0 Å². The van der Waals surface area contributed by atoms with Crippen molar-refractivity contribution in [3.05, 3.63) is 64.4 Å². The molecule has 0 spiro atoms. The molecule has 2 atom stereocenters. The highest BCUT2D eigenvalue weighted by atomic mass is 35.5. The number of rotatable bonds is 8. The summed E-state index contributed by atoms with van der Waals surface area (Å²) in [4.78, 5) is 45.2. The normalized spacial score (nSPS) is 19.8. The molecule has 0 aromatic heterocycles. The first-order valence-electron chi connectivity index (χ1n) is 15.3. The molecular weight excluding hydrogens is 646 g/mol. The third-order valence-electron chi connectivity index (χ3n) is 9.15. The van der Waals surface area contributed by atoms with Gasteiger partial charge in [-0.05, 0) is 55.0 Å². The molecule has 3 heterocycles. The van der Waals surface area contributed by atoms with Gasteiger partial charge < -0.3 is 20.0 Å². The molecule has 0 bridgehead atoms. The SMILES string of the molecule is CSC(C(=O)N1CCC(N2CC(Nc3ccc(C(=O)N4CCN(C(C)=O)CC4)c(Cl)c3)C2)CC1)C(c1cccc(F)c1)C(F)(F)F. The number of hydrogen-bond donors (Lipinski definition) is 1. The summed E-state index contributed by atoms with van der Waals surface area (Å²) >= 11 is 7.35. The van der Waals surface area contributed by atoms with Crippen molar-refractivity contribution in [3.63, 3.8) is 0 Å². The zero-order valence-electron chi connectivity index (χ0n) is 25.7. The van der Waals surface area contributed by atoms with Crippen molar-refractivity contribution in [3.8, 4) is 0 Å². The molecule has 2 aromatic rings. The summed E-state index contributed by atoms with van der Waals surface area (Å²) in [5.74, 6) is -3.61. The molecule has 3 saturated heterocycles. The van der Waals surface area contributed by atoms with Crippen LogP contribution in [0.1, 0.15) is 41.6 Å². The van der Waals surface area contributed by atoms with E-state index < -0.39 is 29.1 Å². The lowest BCUT2D eigenvalue weighted by Crippen LogP contribution is -2.61. The Morgan fingerprint density at radius 1 is 0.935 bits per heavy atom. The summed E-state index contributed by atoms with van der Waals surface area (Å²) in [6, 6.07) is 10.1. The maximum absolute atomic E-state index is 14.2.